The smallest absolute Gasteiger partial charge is 0.373 e. The molecule has 0 aliphatic carbocycles. The van der Waals surface area contributed by atoms with Crippen LogP contribution in [0.1, 0.15) is 12.0 Å². The van der Waals surface area contributed by atoms with Gasteiger partial charge in [-0.2, -0.15) is 74.6 Å². The van der Waals surface area contributed by atoms with Crippen molar-refractivity contribution in [1.82, 2.24) is 0 Å². The Kier molecular flexibility index (Phi) is 11.0. The van der Waals surface area contributed by atoms with Crippen LogP contribution in [0, 0.1) is 0 Å². The summed E-state index contributed by atoms with van der Waals surface area (Å²) in [5.74, 6) is -56.0. The highest BCUT2D eigenvalue weighted by Crippen LogP contribution is 2.64. The van der Waals surface area contributed by atoms with E-state index in [0.717, 1.165) is 5.56 Å². The Morgan fingerprint density at radius 1 is 0.595 bits per heavy atom. The number of alkyl halides is 17. The van der Waals surface area contributed by atoms with E-state index in [1.54, 1.807) is 30.3 Å². The molecule has 0 spiro atoms. The fourth-order valence-electron chi connectivity index (χ4n) is 3.24. The normalized spacial score (nSPS) is 15.5. The zero-order valence-electron chi connectivity index (χ0n) is 21.4. The molecule has 0 radical (unpaired) electrons. The highest BCUT2D eigenvalue weighted by molar-refractivity contribution is 6.77. The minimum absolute atomic E-state index is 0.0128. The van der Waals surface area contributed by atoms with Gasteiger partial charge in [0.2, 0.25) is 0 Å². The topological polar surface area (TPSA) is 9.23 Å². The van der Waals surface area contributed by atoms with E-state index >= 15 is 0 Å². The molecule has 0 fully saturated rings. The zero-order chi connectivity index (χ0) is 33.3. The van der Waals surface area contributed by atoms with Gasteiger partial charge in [0, 0.05) is 6.42 Å². The number of rotatable bonds is 15. The molecule has 0 bridgehead atoms. The van der Waals surface area contributed by atoms with Crippen molar-refractivity contribution in [1.29, 1.82) is 0 Å². The molecule has 0 heterocycles. The summed E-state index contributed by atoms with van der Waals surface area (Å²) in [6.45, 7) is 2.65. The summed E-state index contributed by atoms with van der Waals surface area (Å²) >= 11 is 0. The molecule has 0 amide bonds. The van der Waals surface area contributed by atoms with Crippen molar-refractivity contribution in [3.8, 4) is 0 Å². The van der Waals surface area contributed by atoms with Gasteiger partial charge in [-0.05, 0) is 11.6 Å². The number of hydrogen-bond donors (Lipinski definition) is 0. The molecule has 244 valence electrons. The van der Waals surface area contributed by atoms with Crippen molar-refractivity contribution in [2.75, 3.05) is 6.61 Å². The van der Waals surface area contributed by atoms with E-state index in [-0.39, 0.29) is 19.3 Å². The van der Waals surface area contributed by atoms with Crippen molar-refractivity contribution in [3.05, 3.63) is 48.0 Å². The summed E-state index contributed by atoms with van der Waals surface area (Å²) in [5.41, 5.74) is 0.793. The number of hydrogen-bond acceptors (Lipinski definition) is 1. The summed E-state index contributed by atoms with van der Waals surface area (Å²) in [4.78, 5) is 0. The van der Waals surface area contributed by atoms with E-state index in [1.165, 1.54) is 25.2 Å². The third-order valence-electron chi connectivity index (χ3n) is 6.07. The maximum Gasteiger partial charge on any atom is 0.460 e. The number of halogens is 17. The van der Waals surface area contributed by atoms with Crippen LogP contribution in [0.4, 0.5) is 74.6 Å². The lowest BCUT2D eigenvalue weighted by molar-refractivity contribution is -0.461. The van der Waals surface area contributed by atoms with Crippen LogP contribution in [-0.2, 0) is 11.3 Å². The van der Waals surface area contributed by atoms with Gasteiger partial charge in [-0.3, -0.25) is 0 Å². The number of ether oxygens (including phenoxy) is 1. The van der Waals surface area contributed by atoms with E-state index in [9.17, 15) is 74.6 Å². The highest BCUT2D eigenvalue weighted by Gasteiger charge is 2.95. The summed E-state index contributed by atoms with van der Waals surface area (Å²) in [6.07, 6.45) is -7.42. The molecule has 0 aliphatic rings. The second-order valence-electron chi connectivity index (χ2n) is 9.99. The van der Waals surface area contributed by atoms with Gasteiger partial charge < -0.3 is 4.74 Å². The molecule has 1 aromatic carbocycles. The fourth-order valence-corrected chi connectivity index (χ4v) is 5.24. The predicted molar refractivity (Wildman–Crippen MR) is 118 cm³/mol. The summed E-state index contributed by atoms with van der Waals surface area (Å²) in [6, 6.07) is 7.51. The largest absolute Gasteiger partial charge is 0.460 e. The van der Waals surface area contributed by atoms with Crippen LogP contribution in [0.3, 0.4) is 0 Å². The zero-order valence-corrected chi connectivity index (χ0v) is 22.4. The molecule has 42 heavy (non-hydrogen) atoms. The molecule has 1 rings (SSSR count). The molecule has 0 aliphatic heterocycles. The van der Waals surface area contributed by atoms with Gasteiger partial charge in [0.05, 0.1) is 21.3 Å². The molecule has 0 atom stereocenters. The Balaban J connectivity index is 3.06. The first kappa shape index (κ1) is 38.0. The Hall–Kier alpha value is -2.05. The number of allylic oxidation sites excluding steroid dienone is 1. The quantitative estimate of drug-likeness (QED) is 0.0784. The van der Waals surface area contributed by atoms with Crippen LogP contribution in [0.15, 0.2) is 42.5 Å². The van der Waals surface area contributed by atoms with Crippen LogP contribution in [-0.4, -0.2) is 62.3 Å². The predicted octanol–water partition coefficient (Wildman–Crippen LogP) is 9.87. The van der Waals surface area contributed by atoms with Crippen molar-refractivity contribution < 1.29 is 79.4 Å². The molecule has 0 N–H and O–H groups in total. The Morgan fingerprint density at radius 2 is 1.02 bits per heavy atom. The van der Waals surface area contributed by atoms with Crippen LogP contribution in [0.5, 0.6) is 0 Å². The molecular weight excluding hydrogens is 643 g/mol. The second kappa shape index (κ2) is 12.1. The summed E-state index contributed by atoms with van der Waals surface area (Å²) in [7, 11) is -3.11. The lowest BCUT2D eigenvalue weighted by Crippen LogP contribution is -2.74. The van der Waals surface area contributed by atoms with Gasteiger partial charge in [0.25, 0.3) is 0 Å². The maximum absolute atomic E-state index is 14.2. The minimum Gasteiger partial charge on any atom is -0.373 e. The minimum atomic E-state index is -8.61. The van der Waals surface area contributed by atoms with Gasteiger partial charge in [0.15, 0.2) is 0 Å². The third kappa shape index (κ3) is 7.01. The maximum atomic E-state index is 14.2. The van der Waals surface area contributed by atoms with Crippen LogP contribution < -0.4 is 0 Å². The van der Waals surface area contributed by atoms with Gasteiger partial charge in [-0.1, -0.05) is 61.6 Å². The Morgan fingerprint density at radius 3 is 1.48 bits per heavy atom. The first-order chi connectivity index (χ1) is 18.5. The summed E-state index contributed by atoms with van der Waals surface area (Å²) in [5, 5.41) is 0. The highest BCUT2D eigenvalue weighted by atomic mass is 28.3. The molecule has 19 heteroatoms. The average molecular weight is 666 g/mol. The standard InChI is InChI=1S/C23H23F17OSi/c1-42(2,12-7-6-11-41-14-15-8-4-3-5-9-15)13-10-16(24,25)17(26,27)18(28,29)19(30,31)20(32,33)21(34,35)22(36,37)23(38,39)40/h3-9H,10-14H2,1-2H3/b7-6+. The van der Waals surface area contributed by atoms with Crippen molar-refractivity contribution >= 4 is 8.07 Å². The molecule has 0 saturated carbocycles. The fraction of sp³-hybridized carbons (Fsp3) is 0.652. The lowest BCUT2D eigenvalue weighted by atomic mass is 9.88. The molecule has 0 saturated heterocycles. The first-order valence-electron chi connectivity index (χ1n) is 11.5. The summed E-state index contributed by atoms with van der Waals surface area (Å²) < 4.78 is 233. The third-order valence-corrected chi connectivity index (χ3v) is 9.01. The molecule has 0 unspecified atom stereocenters. The van der Waals surface area contributed by atoms with Gasteiger partial charge in [-0.25, -0.2) is 0 Å². The molecule has 1 aromatic rings. The van der Waals surface area contributed by atoms with E-state index in [0.29, 0.717) is 0 Å². The number of benzene rings is 1. The van der Waals surface area contributed by atoms with E-state index in [4.69, 9.17) is 4.74 Å². The van der Waals surface area contributed by atoms with Crippen LogP contribution >= 0.6 is 0 Å². The van der Waals surface area contributed by atoms with Crippen molar-refractivity contribution in [2.45, 2.75) is 85.8 Å². The van der Waals surface area contributed by atoms with E-state index < -0.39 is 68.2 Å². The molecular formula is C23H23F17OSi. The molecule has 1 nitrogen and oxygen atoms in total. The Bertz CT molecular complexity index is 1050. The van der Waals surface area contributed by atoms with E-state index in [2.05, 4.69) is 0 Å². The van der Waals surface area contributed by atoms with E-state index in [1.807, 2.05) is 0 Å². The molecule has 0 aromatic heterocycles. The monoisotopic (exact) mass is 666 g/mol. The van der Waals surface area contributed by atoms with Crippen molar-refractivity contribution in [2.24, 2.45) is 0 Å². The average Bonchev–Trinajstić information content (AvgIpc) is 2.84. The van der Waals surface area contributed by atoms with Gasteiger partial charge in [0.1, 0.15) is 0 Å². The lowest BCUT2D eigenvalue weighted by Gasteiger charge is -2.43. The van der Waals surface area contributed by atoms with Gasteiger partial charge >= 0.3 is 47.6 Å². The first-order valence-corrected chi connectivity index (χ1v) is 14.9. The van der Waals surface area contributed by atoms with Crippen molar-refractivity contribution in [3.63, 3.8) is 0 Å². The SMILES string of the molecule is C[Si](C)(C/C=C/COCc1ccccc1)CCC(F)(F)C(F)(F)C(F)(F)C(F)(F)C(F)(F)C(F)(F)C(F)(F)C(F)(F)F. The van der Waals surface area contributed by atoms with Gasteiger partial charge in [-0.15, -0.1) is 0 Å². The van der Waals surface area contributed by atoms with Crippen LogP contribution in [0.2, 0.25) is 25.2 Å². The second-order valence-corrected chi connectivity index (χ2v) is 15.2. The Labute approximate surface area is 228 Å². The van der Waals surface area contributed by atoms with Crippen LogP contribution in [0.25, 0.3) is 0 Å².